The minimum Gasteiger partial charge on any atom is -0.496 e. The van der Waals surface area contributed by atoms with Crippen molar-refractivity contribution in [2.24, 2.45) is 0 Å². The van der Waals surface area contributed by atoms with Gasteiger partial charge in [-0.2, -0.15) is 0 Å². The zero-order valence-electron chi connectivity index (χ0n) is 18.5. The highest BCUT2D eigenvalue weighted by Gasteiger charge is 2.22. The molecule has 6 nitrogen and oxygen atoms in total. The number of ether oxygens (including phenoxy) is 3. The summed E-state index contributed by atoms with van der Waals surface area (Å²) in [6.45, 7) is 2.63. The molecule has 3 rings (SSSR count). The molecule has 0 saturated carbocycles. The van der Waals surface area contributed by atoms with Gasteiger partial charge in [0.25, 0.3) is 0 Å². The van der Waals surface area contributed by atoms with Crippen LogP contribution < -0.4 is 14.2 Å². The monoisotopic (exact) mass is 423 g/mol. The van der Waals surface area contributed by atoms with Gasteiger partial charge in [0.1, 0.15) is 11.5 Å². The van der Waals surface area contributed by atoms with E-state index in [0.717, 1.165) is 22.6 Å². The van der Waals surface area contributed by atoms with Crippen LogP contribution in [0.1, 0.15) is 36.1 Å². The van der Waals surface area contributed by atoms with Crippen LogP contribution in [-0.2, 0) is 11.3 Å². The molecule has 1 heterocycles. The Morgan fingerprint density at radius 1 is 0.935 bits per heavy atom. The average molecular weight is 424 g/mol. The molecule has 1 amide bonds. The Morgan fingerprint density at radius 2 is 1.68 bits per heavy atom. The second-order valence-corrected chi connectivity index (χ2v) is 7.23. The number of furan rings is 1. The number of para-hydroxylation sites is 1. The predicted octanol–water partition coefficient (Wildman–Crippen LogP) is 4.88. The average Bonchev–Trinajstić information content (AvgIpc) is 3.33. The predicted molar refractivity (Wildman–Crippen MR) is 119 cm³/mol. The second kappa shape index (κ2) is 10.6. The number of carbonyl (C=O) groups is 1. The van der Waals surface area contributed by atoms with Crippen molar-refractivity contribution < 1.29 is 23.4 Å². The molecule has 6 heteroatoms. The van der Waals surface area contributed by atoms with Crippen LogP contribution in [0.25, 0.3) is 0 Å². The summed E-state index contributed by atoms with van der Waals surface area (Å²) < 4.78 is 22.0. The van der Waals surface area contributed by atoms with Gasteiger partial charge in [-0.15, -0.1) is 0 Å². The normalized spacial score (nSPS) is 11.6. The lowest BCUT2D eigenvalue weighted by Gasteiger charge is -2.25. The summed E-state index contributed by atoms with van der Waals surface area (Å²) in [6.07, 6.45) is 2.37. The van der Waals surface area contributed by atoms with E-state index in [2.05, 4.69) is 0 Å². The van der Waals surface area contributed by atoms with E-state index in [9.17, 15) is 4.79 Å². The molecule has 0 spiro atoms. The molecular weight excluding hydrogens is 394 g/mol. The van der Waals surface area contributed by atoms with E-state index in [4.69, 9.17) is 18.6 Å². The van der Waals surface area contributed by atoms with Crippen LogP contribution in [0.4, 0.5) is 0 Å². The van der Waals surface area contributed by atoms with Crippen molar-refractivity contribution in [2.75, 3.05) is 27.9 Å². The molecule has 164 valence electrons. The van der Waals surface area contributed by atoms with E-state index in [1.807, 2.05) is 59.5 Å². The van der Waals surface area contributed by atoms with Crippen molar-refractivity contribution in [1.29, 1.82) is 0 Å². The van der Waals surface area contributed by atoms with E-state index in [1.165, 1.54) is 0 Å². The zero-order chi connectivity index (χ0) is 22.2. The summed E-state index contributed by atoms with van der Waals surface area (Å²) >= 11 is 0. The van der Waals surface area contributed by atoms with Gasteiger partial charge in [0, 0.05) is 31.5 Å². The van der Waals surface area contributed by atoms with Crippen LogP contribution in [0.2, 0.25) is 0 Å². The minimum absolute atomic E-state index is 0.00741. The lowest BCUT2D eigenvalue weighted by Crippen LogP contribution is -2.30. The fourth-order valence-electron chi connectivity index (χ4n) is 3.73. The molecule has 3 aromatic rings. The topological polar surface area (TPSA) is 61.1 Å². The molecule has 0 aliphatic heterocycles. The SMILES string of the molecule is COc1ccc(CN(CC[C@@H](c2ccco2)c2ccccc2OC)C(C)=O)cc1OC. The number of rotatable bonds is 10. The van der Waals surface area contributed by atoms with E-state index < -0.39 is 0 Å². The number of hydrogen-bond donors (Lipinski definition) is 0. The smallest absolute Gasteiger partial charge is 0.219 e. The van der Waals surface area contributed by atoms with Crippen LogP contribution in [-0.4, -0.2) is 38.7 Å². The number of nitrogens with zero attached hydrogens (tertiary/aromatic N) is 1. The highest BCUT2D eigenvalue weighted by molar-refractivity contribution is 5.73. The summed E-state index contributed by atoms with van der Waals surface area (Å²) in [5, 5.41) is 0. The summed E-state index contributed by atoms with van der Waals surface area (Å²) in [7, 11) is 4.87. The minimum atomic E-state index is -0.0293. The third-order valence-corrected chi connectivity index (χ3v) is 5.36. The van der Waals surface area contributed by atoms with Crippen LogP contribution >= 0.6 is 0 Å². The largest absolute Gasteiger partial charge is 0.496 e. The molecule has 0 aliphatic carbocycles. The highest BCUT2D eigenvalue weighted by Crippen LogP contribution is 2.35. The van der Waals surface area contributed by atoms with Crippen molar-refractivity contribution >= 4 is 5.91 Å². The number of hydrogen-bond acceptors (Lipinski definition) is 5. The van der Waals surface area contributed by atoms with Crippen LogP contribution in [0.15, 0.2) is 65.3 Å². The Kier molecular flexibility index (Phi) is 7.60. The number of methoxy groups -OCH3 is 3. The molecule has 1 atom stereocenters. The molecule has 0 radical (unpaired) electrons. The molecule has 1 aromatic heterocycles. The van der Waals surface area contributed by atoms with E-state index in [-0.39, 0.29) is 11.8 Å². The number of carbonyl (C=O) groups excluding carboxylic acids is 1. The van der Waals surface area contributed by atoms with Gasteiger partial charge in [-0.05, 0) is 42.3 Å². The highest BCUT2D eigenvalue weighted by atomic mass is 16.5. The maximum atomic E-state index is 12.4. The first-order valence-electron chi connectivity index (χ1n) is 10.2. The standard InChI is InChI=1S/C25H29NO5/c1-18(27)26(17-19-11-12-24(29-3)25(16-19)30-4)14-13-21(23-10-7-15-31-23)20-8-5-6-9-22(20)28-2/h5-12,15-16,21H,13-14,17H2,1-4H3/t21-/m1/s1. The molecule has 0 bridgehead atoms. The summed E-state index contributed by atoms with van der Waals surface area (Å²) in [5.41, 5.74) is 2.01. The third-order valence-electron chi connectivity index (χ3n) is 5.36. The Hall–Kier alpha value is -3.41. The van der Waals surface area contributed by atoms with E-state index >= 15 is 0 Å². The van der Waals surface area contributed by atoms with Crippen molar-refractivity contribution in [3.63, 3.8) is 0 Å². The van der Waals surface area contributed by atoms with Crippen molar-refractivity contribution in [3.05, 3.63) is 77.7 Å². The van der Waals surface area contributed by atoms with Gasteiger partial charge in [0.05, 0.1) is 27.6 Å². The van der Waals surface area contributed by atoms with E-state index in [1.54, 1.807) is 34.5 Å². The van der Waals surface area contributed by atoms with Crippen LogP contribution in [0.5, 0.6) is 17.2 Å². The quantitative estimate of drug-likeness (QED) is 0.465. The Morgan fingerprint density at radius 3 is 2.32 bits per heavy atom. The maximum Gasteiger partial charge on any atom is 0.219 e. The van der Waals surface area contributed by atoms with Crippen LogP contribution in [0.3, 0.4) is 0 Å². The fourth-order valence-corrected chi connectivity index (χ4v) is 3.73. The van der Waals surface area contributed by atoms with Gasteiger partial charge in [-0.1, -0.05) is 24.3 Å². The van der Waals surface area contributed by atoms with Crippen molar-refractivity contribution in [1.82, 2.24) is 4.90 Å². The van der Waals surface area contributed by atoms with E-state index in [0.29, 0.717) is 31.0 Å². The molecule has 0 N–H and O–H groups in total. The molecule has 0 fully saturated rings. The maximum absolute atomic E-state index is 12.4. The first-order chi connectivity index (χ1) is 15.1. The third kappa shape index (κ3) is 5.40. The molecule has 0 aliphatic rings. The molecule has 31 heavy (non-hydrogen) atoms. The van der Waals surface area contributed by atoms with Gasteiger partial charge in [-0.3, -0.25) is 4.79 Å². The molecular formula is C25H29NO5. The van der Waals surface area contributed by atoms with Gasteiger partial charge >= 0.3 is 0 Å². The lowest BCUT2D eigenvalue weighted by molar-refractivity contribution is -0.129. The van der Waals surface area contributed by atoms with Crippen molar-refractivity contribution in [3.8, 4) is 17.2 Å². The second-order valence-electron chi connectivity index (χ2n) is 7.23. The van der Waals surface area contributed by atoms with Gasteiger partial charge in [0.2, 0.25) is 5.91 Å². The Balaban J connectivity index is 1.81. The Labute approximate surface area is 183 Å². The summed E-state index contributed by atoms with van der Waals surface area (Å²) in [6, 6.07) is 17.5. The first kappa shape index (κ1) is 22.3. The van der Waals surface area contributed by atoms with Gasteiger partial charge in [0.15, 0.2) is 11.5 Å². The van der Waals surface area contributed by atoms with Crippen molar-refractivity contribution in [2.45, 2.75) is 25.8 Å². The number of amides is 1. The Bertz CT molecular complexity index is 983. The fraction of sp³-hybridized carbons (Fsp3) is 0.320. The van der Waals surface area contributed by atoms with Crippen LogP contribution in [0, 0.1) is 0 Å². The summed E-state index contributed by atoms with van der Waals surface area (Å²) in [5.74, 6) is 2.93. The lowest BCUT2D eigenvalue weighted by atomic mass is 9.92. The van der Waals surface area contributed by atoms with Gasteiger partial charge in [-0.25, -0.2) is 0 Å². The first-order valence-corrected chi connectivity index (χ1v) is 10.2. The number of benzene rings is 2. The summed E-state index contributed by atoms with van der Waals surface area (Å²) in [4.78, 5) is 14.2. The molecule has 0 saturated heterocycles. The molecule has 0 unspecified atom stereocenters. The van der Waals surface area contributed by atoms with Gasteiger partial charge < -0.3 is 23.5 Å². The zero-order valence-corrected chi connectivity index (χ0v) is 18.5. The molecule has 2 aromatic carbocycles.